The van der Waals surface area contributed by atoms with Crippen LogP contribution in [0.1, 0.15) is 18.9 Å². The van der Waals surface area contributed by atoms with Gasteiger partial charge in [0.2, 0.25) is 0 Å². The summed E-state index contributed by atoms with van der Waals surface area (Å²) in [4.78, 5) is 0. The fourth-order valence-electron chi connectivity index (χ4n) is 1.14. The lowest BCUT2D eigenvalue weighted by Gasteiger charge is -2.09. The van der Waals surface area contributed by atoms with Gasteiger partial charge in [0, 0.05) is 0 Å². The first-order chi connectivity index (χ1) is 7.30. The molecule has 0 bridgehead atoms. The van der Waals surface area contributed by atoms with Crippen LogP contribution in [-0.4, -0.2) is 6.10 Å². The summed E-state index contributed by atoms with van der Waals surface area (Å²) in [7, 11) is 0. The van der Waals surface area contributed by atoms with Crippen molar-refractivity contribution >= 4 is 0 Å². The Kier molecular flexibility index (Phi) is 4.19. The summed E-state index contributed by atoms with van der Waals surface area (Å²) in [5, 5.41) is 17.2. The van der Waals surface area contributed by atoms with E-state index in [9.17, 15) is 0 Å². The molecule has 15 heavy (non-hydrogen) atoms. The Morgan fingerprint density at radius 3 is 2.40 bits per heavy atom. The molecular formula is C12H12N2O. The van der Waals surface area contributed by atoms with Crippen molar-refractivity contribution in [2.45, 2.75) is 25.9 Å². The highest BCUT2D eigenvalue weighted by molar-refractivity contribution is 5.29. The number of ether oxygens (including phenoxy) is 1. The van der Waals surface area contributed by atoms with Gasteiger partial charge in [-0.3, -0.25) is 0 Å². The van der Waals surface area contributed by atoms with Crippen molar-refractivity contribution in [3.63, 3.8) is 0 Å². The maximum Gasteiger partial charge on any atom is 0.184 e. The lowest BCUT2D eigenvalue weighted by atomic mass is 10.1. The minimum atomic E-state index is -0.396. The van der Waals surface area contributed by atoms with E-state index in [-0.39, 0.29) is 0 Å². The summed E-state index contributed by atoms with van der Waals surface area (Å²) in [6.07, 6.45) is 0.665. The van der Waals surface area contributed by atoms with Crippen LogP contribution in [0.25, 0.3) is 0 Å². The van der Waals surface area contributed by atoms with Gasteiger partial charge in [0.05, 0.1) is 12.5 Å². The summed E-state index contributed by atoms with van der Waals surface area (Å²) in [6.45, 7) is 1.90. The van der Waals surface area contributed by atoms with E-state index in [1.807, 2.05) is 19.1 Å². The van der Waals surface area contributed by atoms with Crippen LogP contribution < -0.4 is 4.74 Å². The van der Waals surface area contributed by atoms with Gasteiger partial charge in [0.25, 0.3) is 0 Å². The Morgan fingerprint density at radius 2 is 1.93 bits per heavy atom. The summed E-state index contributed by atoms with van der Waals surface area (Å²) in [5.74, 6) is 0.671. The highest BCUT2D eigenvalue weighted by Crippen LogP contribution is 2.14. The largest absolute Gasteiger partial charge is 0.476 e. The minimum absolute atomic E-state index is 0.396. The highest BCUT2D eigenvalue weighted by atomic mass is 16.5. The predicted molar refractivity (Wildman–Crippen MR) is 56.1 cm³/mol. The first-order valence-electron chi connectivity index (χ1n) is 4.82. The normalized spacial score (nSPS) is 11.1. The summed E-state index contributed by atoms with van der Waals surface area (Å²) >= 11 is 0. The van der Waals surface area contributed by atoms with Gasteiger partial charge in [-0.25, -0.2) is 0 Å². The van der Waals surface area contributed by atoms with E-state index in [4.69, 9.17) is 15.3 Å². The van der Waals surface area contributed by atoms with Gasteiger partial charge < -0.3 is 4.74 Å². The molecule has 0 saturated carbocycles. The second-order valence-corrected chi connectivity index (χ2v) is 3.12. The van der Waals surface area contributed by atoms with E-state index < -0.39 is 6.10 Å². The van der Waals surface area contributed by atoms with Crippen LogP contribution in [-0.2, 0) is 6.42 Å². The standard InChI is InChI=1S/C12H12N2O/c1-2-11(9-14)15-12-5-3-10(4-6-12)7-8-13/h3-6,11H,2,7H2,1H3. The Bertz CT molecular complexity index is 384. The molecule has 1 aromatic rings. The van der Waals surface area contributed by atoms with Crippen LogP contribution in [0.4, 0.5) is 0 Å². The fourth-order valence-corrected chi connectivity index (χ4v) is 1.14. The van der Waals surface area contributed by atoms with Gasteiger partial charge in [0.15, 0.2) is 6.10 Å². The fraction of sp³-hybridized carbons (Fsp3) is 0.333. The SMILES string of the molecule is CCC(C#N)Oc1ccc(CC#N)cc1. The predicted octanol–water partition coefficient (Wildman–Crippen LogP) is 2.43. The Labute approximate surface area is 89.5 Å². The van der Waals surface area contributed by atoms with Gasteiger partial charge >= 0.3 is 0 Å². The van der Waals surface area contributed by atoms with Crippen LogP contribution in [0.3, 0.4) is 0 Å². The summed E-state index contributed by atoms with van der Waals surface area (Å²) < 4.78 is 5.40. The molecule has 0 aliphatic rings. The molecule has 0 aliphatic heterocycles. The molecule has 1 unspecified atom stereocenters. The van der Waals surface area contributed by atoms with Gasteiger partial charge in [-0.1, -0.05) is 19.1 Å². The molecular weight excluding hydrogens is 188 g/mol. The van der Waals surface area contributed by atoms with Crippen molar-refractivity contribution in [3.8, 4) is 17.9 Å². The molecule has 0 radical (unpaired) electrons. The number of nitrogens with zero attached hydrogens (tertiary/aromatic N) is 2. The quantitative estimate of drug-likeness (QED) is 0.750. The summed E-state index contributed by atoms with van der Waals surface area (Å²) in [5.41, 5.74) is 0.954. The second-order valence-electron chi connectivity index (χ2n) is 3.12. The van der Waals surface area contributed by atoms with Crippen molar-refractivity contribution in [2.75, 3.05) is 0 Å². The molecule has 0 saturated heterocycles. The zero-order valence-electron chi connectivity index (χ0n) is 8.60. The van der Waals surface area contributed by atoms with E-state index >= 15 is 0 Å². The van der Waals surface area contributed by atoms with Crippen LogP contribution in [0, 0.1) is 22.7 Å². The second kappa shape index (κ2) is 5.67. The maximum absolute atomic E-state index is 8.71. The first kappa shape index (κ1) is 11.1. The Morgan fingerprint density at radius 1 is 1.27 bits per heavy atom. The summed E-state index contributed by atoms with van der Waals surface area (Å²) in [6, 6.07) is 11.4. The van der Waals surface area contributed by atoms with E-state index in [2.05, 4.69) is 12.1 Å². The molecule has 0 heterocycles. The topological polar surface area (TPSA) is 56.8 Å². The molecule has 0 spiro atoms. The lowest BCUT2D eigenvalue weighted by Crippen LogP contribution is -2.11. The number of hydrogen-bond donors (Lipinski definition) is 0. The monoisotopic (exact) mass is 200 g/mol. The van der Waals surface area contributed by atoms with E-state index in [1.165, 1.54) is 0 Å². The van der Waals surface area contributed by atoms with Crippen molar-refractivity contribution < 1.29 is 4.74 Å². The highest BCUT2D eigenvalue weighted by Gasteiger charge is 2.05. The number of nitriles is 2. The minimum Gasteiger partial charge on any atom is -0.476 e. The maximum atomic E-state index is 8.71. The lowest BCUT2D eigenvalue weighted by molar-refractivity contribution is 0.252. The molecule has 0 amide bonds. The van der Waals surface area contributed by atoms with Crippen molar-refractivity contribution in [1.29, 1.82) is 10.5 Å². The van der Waals surface area contributed by atoms with E-state index in [0.717, 1.165) is 5.56 Å². The van der Waals surface area contributed by atoms with Crippen molar-refractivity contribution in [2.24, 2.45) is 0 Å². The van der Waals surface area contributed by atoms with Crippen LogP contribution in [0.15, 0.2) is 24.3 Å². The first-order valence-corrected chi connectivity index (χ1v) is 4.82. The Hall–Kier alpha value is -2.00. The van der Waals surface area contributed by atoms with Gasteiger partial charge in [-0.2, -0.15) is 10.5 Å². The van der Waals surface area contributed by atoms with Crippen LogP contribution in [0.2, 0.25) is 0 Å². The van der Waals surface area contributed by atoms with Crippen LogP contribution >= 0.6 is 0 Å². The smallest absolute Gasteiger partial charge is 0.184 e. The molecule has 0 N–H and O–H groups in total. The van der Waals surface area contributed by atoms with Gasteiger partial charge in [-0.15, -0.1) is 0 Å². The average Bonchev–Trinajstić information content (AvgIpc) is 2.28. The third-order valence-electron chi connectivity index (χ3n) is 2.00. The van der Waals surface area contributed by atoms with Crippen molar-refractivity contribution in [1.82, 2.24) is 0 Å². The third-order valence-corrected chi connectivity index (χ3v) is 2.00. The average molecular weight is 200 g/mol. The molecule has 0 aromatic heterocycles. The molecule has 3 nitrogen and oxygen atoms in total. The number of benzene rings is 1. The molecule has 0 fully saturated rings. The third kappa shape index (κ3) is 3.32. The number of hydrogen-bond acceptors (Lipinski definition) is 3. The van der Waals surface area contributed by atoms with Gasteiger partial charge in [-0.05, 0) is 24.1 Å². The molecule has 76 valence electrons. The molecule has 1 aromatic carbocycles. The van der Waals surface area contributed by atoms with Crippen LogP contribution in [0.5, 0.6) is 5.75 Å². The molecule has 0 aliphatic carbocycles. The molecule has 1 atom stereocenters. The zero-order chi connectivity index (χ0) is 11.1. The van der Waals surface area contributed by atoms with E-state index in [1.54, 1.807) is 12.1 Å². The molecule has 1 rings (SSSR count). The van der Waals surface area contributed by atoms with E-state index in [0.29, 0.717) is 18.6 Å². The molecule has 3 heteroatoms. The number of rotatable bonds is 4. The Balaban J connectivity index is 2.65. The van der Waals surface area contributed by atoms with Gasteiger partial charge in [0.1, 0.15) is 11.8 Å². The zero-order valence-corrected chi connectivity index (χ0v) is 8.60. The van der Waals surface area contributed by atoms with Crippen molar-refractivity contribution in [3.05, 3.63) is 29.8 Å².